The molecule has 0 spiro atoms. The first kappa shape index (κ1) is 19.9. The van der Waals surface area contributed by atoms with Crippen molar-refractivity contribution in [2.45, 2.75) is 6.42 Å². The number of amides is 1. The van der Waals surface area contributed by atoms with Crippen LogP contribution in [0.25, 0.3) is 0 Å². The van der Waals surface area contributed by atoms with Crippen LogP contribution < -0.4 is 19.5 Å². The molecule has 5 nitrogen and oxygen atoms in total. The Morgan fingerprint density at radius 1 is 1.07 bits per heavy atom. The molecule has 0 bridgehead atoms. The van der Waals surface area contributed by atoms with E-state index in [0.29, 0.717) is 17.1 Å². The Morgan fingerprint density at radius 2 is 1.85 bits per heavy atom. The van der Waals surface area contributed by atoms with Gasteiger partial charge in [-0.05, 0) is 30.2 Å². The molecular formula is C22H23NO4. The number of methoxy groups -OCH3 is 2. The quantitative estimate of drug-likeness (QED) is 0.576. The molecule has 1 amide bonds. The van der Waals surface area contributed by atoms with E-state index in [1.165, 1.54) is 14.2 Å². The van der Waals surface area contributed by atoms with E-state index in [9.17, 15) is 4.79 Å². The average Bonchev–Trinajstić information content (AvgIpc) is 2.70. The summed E-state index contributed by atoms with van der Waals surface area (Å²) in [7, 11) is 3.02. The number of carbonyl (C=O) groups excluding carboxylic acids is 1. The summed E-state index contributed by atoms with van der Waals surface area (Å²) < 4.78 is 16.1. The highest BCUT2D eigenvalue weighted by Gasteiger charge is 2.15. The third kappa shape index (κ3) is 5.55. The molecule has 1 N–H and O–H groups in total. The van der Waals surface area contributed by atoms with Crippen molar-refractivity contribution < 1.29 is 19.0 Å². The molecule has 0 heterocycles. The summed E-state index contributed by atoms with van der Waals surface area (Å²) in [4.78, 5) is 12.3. The summed E-state index contributed by atoms with van der Waals surface area (Å²) in [6, 6.07) is 12.9. The minimum atomic E-state index is -0.280. The van der Waals surface area contributed by atoms with Crippen molar-refractivity contribution in [3.05, 3.63) is 66.2 Å². The van der Waals surface area contributed by atoms with Crippen LogP contribution in [0.1, 0.15) is 15.9 Å². The topological polar surface area (TPSA) is 56.8 Å². The molecule has 0 unspecified atom stereocenters. The van der Waals surface area contributed by atoms with Gasteiger partial charge in [-0.2, -0.15) is 0 Å². The lowest BCUT2D eigenvalue weighted by molar-refractivity contribution is 0.0955. The van der Waals surface area contributed by atoms with Crippen LogP contribution in [0.2, 0.25) is 0 Å². The van der Waals surface area contributed by atoms with Gasteiger partial charge >= 0.3 is 0 Å². The van der Waals surface area contributed by atoms with Crippen molar-refractivity contribution in [1.82, 2.24) is 5.32 Å². The zero-order valence-electron chi connectivity index (χ0n) is 15.6. The highest BCUT2D eigenvalue weighted by Crippen LogP contribution is 2.30. The number of rotatable bonds is 8. The van der Waals surface area contributed by atoms with Gasteiger partial charge in [0.1, 0.15) is 12.4 Å². The molecule has 2 rings (SSSR count). The molecule has 0 radical (unpaired) electrons. The SMILES string of the molecule is C=CCc1ccccc1OCC#CCNC(=O)c1cccc(OC)c1OC. The normalized spacial score (nSPS) is 9.56. The zero-order chi connectivity index (χ0) is 19.5. The molecule has 27 heavy (non-hydrogen) atoms. The second-order valence-electron chi connectivity index (χ2n) is 5.47. The van der Waals surface area contributed by atoms with Gasteiger partial charge in [0.2, 0.25) is 0 Å². The third-order valence-electron chi connectivity index (χ3n) is 3.75. The lowest BCUT2D eigenvalue weighted by Gasteiger charge is -2.11. The predicted molar refractivity (Wildman–Crippen MR) is 105 cm³/mol. The first-order chi connectivity index (χ1) is 13.2. The van der Waals surface area contributed by atoms with Gasteiger partial charge in [0.05, 0.1) is 26.3 Å². The molecule has 0 aromatic heterocycles. The predicted octanol–water partition coefficient (Wildman–Crippen LogP) is 3.24. The van der Waals surface area contributed by atoms with Crippen LogP contribution in [0.4, 0.5) is 0 Å². The number of hydrogen-bond donors (Lipinski definition) is 1. The summed E-state index contributed by atoms with van der Waals surface area (Å²) in [5.41, 5.74) is 1.46. The molecule has 2 aromatic rings. The van der Waals surface area contributed by atoms with E-state index in [-0.39, 0.29) is 19.1 Å². The van der Waals surface area contributed by atoms with Crippen molar-refractivity contribution in [3.63, 3.8) is 0 Å². The van der Waals surface area contributed by atoms with Crippen molar-refractivity contribution in [2.75, 3.05) is 27.4 Å². The maximum Gasteiger partial charge on any atom is 0.255 e. The fraction of sp³-hybridized carbons (Fsp3) is 0.227. The number of nitrogens with one attached hydrogen (secondary N) is 1. The second-order valence-corrected chi connectivity index (χ2v) is 5.47. The van der Waals surface area contributed by atoms with E-state index >= 15 is 0 Å². The number of benzene rings is 2. The van der Waals surface area contributed by atoms with Crippen molar-refractivity contribution in [1.29, 1.82) is 0 Å². The standard InChI is InChI=1S/C22H23NO4/c1-4-10-17-11-5-6-13-19(17)27-16-8-7-15-23-22(24)18-12-9-14-20(25-2)21(18)26-3/h4-6,9,11-14H,1,10,15-16H2,2-3H3,(H,23,24). The highest BCUT2D eigenvalue weighted by atomic mass is 16.5. The Hall–Kier alpha value is -3.39. The Kier molecular flexibility index (Phi) is 7.80. The van der Waals surface area contributed by atoms with Gasteiger partial charge in [0.15, 0.2) is 11.5 Å². The van der Waals surface area contributed by atoms with E-state index in [1.807, 2.05) is 30.3 Å². The van der Waals surface area contributed by atoms with E-state index in [2.05, 4.69) is 23.7 Å². The minimum absolute atomic E-state index is 0.205. The van der Waals surface area contributed by atoms with Gasteiger partial charge in [0.25, 0.3) is 5.91 Å². The van der Waals surface area contributed by atoms with Crippen LogP contribution in [0.3, 0.4) is 0 Å². The van der Waals surface area contributed by atoms with Crippen molar-refractivity contribution >= 4 is 5.91 Å². The molecule has 0 saturated heterocycles. The van der Waals surface area contributed by atoms with E-state index in [0.717, 1.165) is 17.7 Å². The fourth-order valence-corrected chi connectivity index (χ4v) is 2.48. The summed E-state index contributed by atoms with van der Waals surface area (Å²) >= 11 is 0. The Morgan fingerprint density at radius 3 is 2.59 bits per heavy atom. The van der Waals surface area contributed by atoms with Crippen molar-refractivity contribution in [2.24, 2.45) is 0 Å². The lowest BCUT2D eigenvalue weighted by atomic mass is 10.1. The summed E-state index contributed by atoms with van der Waals surface area (Å²) in [6.45, 7) is 4.19. The minimum Gasteiger partial charge on any atom is -0.493 e. The zero-order valence-corrected chi connectivity index (χ0v) is 15.6. The van der Waals surface area contributed by atoms with Gasteiger partial charge in [0, 0.05) is 0 Å². The van der Waals surface area contributed by atoms with Crippen LogP contribution in [-0.2, 0) is 6.42 Å². The summed E-state index contributed by atoms with van der Waals surface area (Å²) in [5, 5.41) is 2.74. The van der Waals surface area contributed by atoms with E-state index in [4.69, 9.17) is 14.2 Å². The number of ether oxygens (including phenoxy) is 3. The Balaban J connectivity index is 1.88. The van der Waals surface area contributed by atoms with Crippen LogP contribution in [0, 0.1) is 11.8 Å². The molecule has 140 valence electrons. The van der Waals surface area contributed by atoms with E-state index in [1.54, 1.807) is 18.2 Å². The van der Waals surface area contributed by atoms with Crippen molar-refractivity contribution in [3.8, 4) is 29.1 Å². The lowest BCUT2D eigenvalue weighted by Crippen LogP contribution is -2.24. The molecule has 2 aromatic carbocycles. The number of carbonyl (C=O) groups is 1. The monoisotopic (exact) mass is 365 g/mol. The molecule has 0 aliphatic carbocycles. The van der Waals surface area contributed by atoms with Crippen LogP contribution in [0.15, 0.2) is 55.1 Å². The Labute approximate surface area is 159 Å². The first-order valence-electron chi connectivity index (χ1n) is 8.47. The smallest absolute Gasteiger partial charge is 0.255 e. The van der Waals surface area contributed by atoms with E-state index < -0.39 is 0 Å². The maximum absolute atomic E-state index is 12.3. The maximum atomic E-state index is 12.3. The summed E-state index contributed by atoms with van der Waals surface area (Å²) in [6.07, 6.45) is 2.57. The van der Waals surface area contributed by atoms with Gasteiger partial charge in [-0.1, -0.05) is 42.2 Å². The molecule has 0 saturated carbocycles. The largest absolute Gasteiger partial charge is 0.493 e. The van der Waals surface area contributed by atoms with Gasteiger partial charge in [-0.25, -0.2) is 0 Å². The first-order valence-corrected chi connectivity index (χ1v) is 8.47. The molecule has 0 aliphatic heterocycles. The molecule has 0 fully saturated rings. The number of hydrogen-bond acceptors (Lipinski definition) is 4. The van der Waals surface area contributed by atoms with Crippen LogP contribution in [0.5, 0.6) is 17.2 Å². The third-order valence-corrected chi connectivity index (χ3v) is 3.75. The Bertz CT molecular complexity index is 849. The van der Waals surface area contributed by atoms with Gasteiger partial charge < -0.3 is 19.5 Å². The molecular weight excluding hydrogens is 342 g/mol. The van der Waals surface area contributed by atoms with Gasteiger partial charge in [-0.15, -0.1) is 6.58 Å². The average molecular weight is 365 g/mol. The molecule has 5 heteroatoms. The highest BCUT2D eigenvalue weighted by molar-refractivity contribution is 5.97. The second kappa shape index (κ2) is 10.6. The van der Waals surface area contributed by atoms with Crippen LogP contribution in [-0.4, -0.2) is 33.3 Å². The summed E-state index contributed by atoms with van der Waals surface area (Å²) in [5.74, 6) is 7.17. The number of allylic oxidation sites excluding steroid dienone is 1. The number of para-hydroxylation sites is 2. The fourth-order valence-electron chi connectivity index (χ4n) is 2.48. The van der Waals surface area contributed by atoms with Crippen LogP contribution >= 0.6 is 0 Å². The molecule has 0 aliphatic rings. The molecule has 0 atom stereocenters. The van der Waals surface area contributed by atoms with Gasteiger partial charge in [-0.3, -0.25) is 4.79 Å².